The second-order valence-electron chi connectivity index (χ2n) is 7.02. The standard InChI is InChI=1S/C22H25F3N2O5/c1-14(28)27-20(15-3-7-18(31-2)8-4-15)11-21(30)26-12-17(29)13-32-19-9-5-16(6-10-19)22(23,24)25/h3-10,17,20,29H,11-13H2,1-2H3,(H,26,30)(H,27,28). The van der Waals surface area contributed by atoms with Gasteiger partial charge in [0.2, 0.25) is 11.8 Å². The Labute approximate surface area is 183 Å². The Morgan fingerprint density at radius 3 is 2.16 bits per heavy atom. The van der Waals surface area contributed by atoms with Crippen LogP contribution in [-0.2, 0) is 15.8 Å². The predicted molar refractivity (Wildman–Crippen MR) is 110 cm³/mol. The lowest BCUT2D eigenvalue weighted by Gasteiger charge is -2.19. The predicted octanol–water partition coefficient (Wildman–Crippen LogP) is 2.84. The number of rotatable bonds is 10. The normalized spacial score (nSPS) is 13.1. The summed E-state index contributed by atoms with van der Waals surface area (Å²) in [5.41, 5.74) is -0.0921. The van der Waals surface area contributed by atoms with Crippen LogP contribution in [0.25, 0.3) is 0 Å². The van der Waals surface area contributed by atoms with E-state index in [9.17, 15) is 27.9 Å². The molecule has 0 spiro atoms. The van der Waals surface area contributed by atoms with Crippen LogP contribution in [0.1, 0.15) is 30.5 Å². The van der Waals surface area contributed by atoms with E-state index in [-0.39, 0.29) is 31.2 Å². The molecular formula is C22H25F3N2O5. The number of ether oxygens (including phenoxy) is 2. The zero-order chi connectivity index (χ0) is 23.7. The molecule has 7 nitrogen and oxygen atoms in total. The third kappa shape index (κ3) is 8.10. The Morgan fingerprint density at radius 2 is 1.62 bits per heavy atom. The van der Waals surface area contributed by atoms with E-state index in [1.807, 2.05) is 0 Å². The van der Waals surface area contributed by atoms with Crippen molar-refractivity contribution in [3.8, 4) is 11.5 Å². The van der Waals surface area contributed by atoms with E-state index >= 15 is 0 Å². The molecule has 0 aliphatic heterocycles. The molecule has 174 valence electrons. The van der Waals surface area contributed by atoms with Crippen molar-refractivity contribution in [2.75, 3.05) is 20.3 Å². The van der Waals surface area contributed by atoms with Crippen LogP contribution in [0, 0.1) is 0 Å². The lowest BCUT2D eigenvalue weighted by Crippen LogP contribution is -2.38. The molecule has 0 bridgehead atoms. The number of aliphatic hydroxyl groups is 1. The van der Waals surface area contributed by atoms with Crippen molar-refractivity contribution in [3.05, 3.63) is 59.7 Å². The van der Waals surface area contributed by atoms with E-state index in [2.05, 4.69) is 10.6 Å². The van der Waals surface area contributed by atoms with E-state index in [1.54, 1.807) is 24.3 Å². The molecule has 0 aliphatic rings. The van der Waals surface area contributed by atoms with Gasteiger partial charge in [-0.2, -0.15) is 13.2 Å². The van der Waals surface area contributed by atoms with Crippen LogP contribution in [0.15, 0.2) is 48.5 Å². The Kier molecular flexibility index (Phi) is 8.89. The van der Waals surface area contributed by atoms with E-state index in [4.69, 9.17) is 9.47 Å². The summed E-state index contributed by atoms with van der Waals surface area (Å²) in [5.74, 6) is 0.0845. The van der Waals surface area contributed by atoms with Crippen molar-refractivity contribution in [1.29, 1.82) is 0 Å². The molecule has 0 aromatic heterocycles. The first-order chi connectivity index (χ1) is 15.1. The molecule has 0 saturated carbocycles. The smallest absolute Gasteiger partial charge is 0.416 e. The molecule has 2 rings (SSSR count). The SMILES string of the molecule is COc1ccc(C(CC(=O)NCC(O)COc2ccc(C(F)(F)F)cc2)NC(C)=O)cc1. The van der Waals surface area contributed by atoms with Crippen LogP contribution in [0.4, 0.5) is 13.2 Å². The van der Waals surface area contributed by atoms with Gasteiger partial charge in [-0.25, -0.2) is 0 Å². The van der Waals surface area contributed by atoms with Crippen molar-refractivity contribution >= 4 is 11.8 Å². The topological polar surface area (TPSA) is 96.9 Å². The maximum absolute atomic E-state index is 12.6. The summed E-state index contributed by atoms with van der Waals surface area (Å²) >= 11 is 0. The fraction of sp³-hybridized carbons (Fsp3) is 0.364. The number of carbonyl (C=O) groups excluding carboxylic acids is 2. The maximum atomic E-state index is 12.6. The molecular weight excluding hydrogens is 429 g/mol. The highest BCUT2D eigenvalue weighted by atomic mass is 19.4. The molecule has 2 aromatic carbocycles. The molecule has 0 aliphatic carbocycles. The van der Waals surface area contributed by atoms with Crippen molar-refractivity contribution in [1.82, 2.24) is 10.6 Å². The number of nitrogens with one attached hydrogen (secondary N) is 2. The van der Waals surface area contributed by atoms with E-state index in [1.165, 1.54) is 14.0 Å². The lowest BCUT2D eigenvalue weighted by molar-refractivity contribution is -0.137. The number of methoxy groups -OCH3 is 1. The Bertz CT molecular complexity index is 886. The van der Waals surface area contributed by atoms with E-state index in [0.717, 1.165) is 24.3 Å². The monoisotopic (exact) mass is 454 g/mol. The highest BCUT2D eigenvalue weighted by Gasteiger charge is 2.30. The molecule has 2 amide bonds. The van der Waals surface area contributed by atoms with Crippen LogP contribution in [-0.4, -0.2) is 43.3 Å². The zero-order valence-electron chi connectivity index (χ0n) is 17.6. The highest BCUT2D eigenvalue weighted by molar-refractivity contribution is 5.79. The number of benzene rings is 2. The van der Waals surface area contributed by atoms with E-state index < -0.39 is 29.8 Å². The fourth-order valence-electron chi connectivity index (χ4n) is 2.81. The molecule has 32 heavy (non-hydrogen) atoms. The van der Waals surface area contributed by atoms with Crippen LogP contribution in [0.2, 0.25) is 0 Å². The van der Waals surface area contributed by atoms with Gasteiger partial charge in [0.05, 0.1) is 25.1 Å². The van der Waals surface area contributed by atoms with Crippen molar-refractivity contribution < 1.29 is 37.3 Å². The molecule has 2 unspecified atom stereocenters. The van der Waals surface area contributed by atoms with Gasteiger partial charge >= 0.3 is 6.18 Å². The molecule has 0 saturated heterocycles. The van der Waals surface area contributed by atoms with Gasteiger partial charge in [-0.1, -0.05) is 12.1 Å². The molecule has 0 heterocycles. The second-order valence-corrected chi connectivity index (χ2v) is 7.02. The van der Waals surface area contributed by atoms with Crippen molar-refractivity contribution in [2.45, 2.75) is 31.7 Å². The van der Waals surface area contributed by atoms with Crippen LogP contribution in [0.5, 0.6) is 11.5 Å². The maximum Gasteiger partial charge on any atom is 0.416 e. The highest BCUT2D eigenvalue weighted by Crippen LogP contribution is 2.30. The summed E-state index contributed by atoms with van der Waals surface area (Å²) in [7, 11) is 1.53. The van der Waals surface area contributed by atoms with Gasteiger partial charge in [0, 0.05) is 13.5 Å². The number of halogens is 3. The molecule has 2 atom stereocenters. The van der Waals surface area contributed by atoms with Crippen molar-refractivity contribution in [3.63, 3.8) is 0 Å². The molecule has 2 aromatic rings. The zero-order valence-corrected chi connectivity index (χ0v) is 17.6. The van der Waals surface area contributed by atoms with Crippen LogP contribution < -0.4 is 20.1 Å². The minimum absolute atomic E-state index is 0.0572. The Balaban J connectivity index is 1.83. The van der Waals surface area contributed by atoms with Gasteiger partial charge in [-0.15, -0.1) is 0 Å². The molecule has 0 fully saturated rings. The number of alkyl halides is 3. The Hall–Kier alpha value is -3.27. The minimum Gasteiger partial charge on any atom is -0.497 e. The Morgan fingerprint density at radius 1 is 1.03 bits per heavy atom. The molecule has 0 radical (unpaired) electrons. The van der Waals surface area contributed by atoms with Gasteiger partial charge in [0.15, 0.2) is 0 Å². The number of amides is 2. The third-order valence-electron chi connectivity index (χ3n) is 4.44. The average Bonchev–Trinajstić information content (AvgIpc) is 2.75. The number of aliphatic hydroxyl groups excluding tert-OH is 1. The number of hydrogen-bond donors (Lipinski definition) is 3. The fourth-order valence-corrected chi connectivity index (χ4v) is 2.81. The largest absolute Gasteiger partial charge is 0.497 e. The molecule has 10 heteroatoms. The van der Waals surface area contributed by atoms with Gasteiger partial charge < -0.3 is 25.2 Å². The van der Waals surface area contributed by atoms with Gasteiger partial charge in [-0.05, 0) is 42.0 Å². The van der Waals surface area contributed by atoms with Crippen LogP contribution in [0.3, 0.4) is 0 Å². The summed E-state index contributed by atoms with van der Waals surface area (Å²) in [6.07, 6.45) is -5.58. The van der Waals surface area contributed by atoms with Gasteiger partial charge in [0.25, 0.3) is 0 Å². The summed E-state index contributed by atoms with van der Waals surface area (Å²) in [6, 6.07) is 10.4. The van der Waals surface area contributed by atoms with Crippen LogP contribution >= 0.6 is 0 Å². The first-order valence-electron chi connectivity index (χ1n) is 9.74. The van der Waals surface area contributed by atoms with E-state index in [0.29, 0.717) is 11.3 Å². The lowest BCUT2D eigenvalue weighted by atomic mass is 10.0. The summed E-state index contributed by atoms with van der Waals surface area (Å²) in [5, 5.41) is 15.3. The number of hydrogen-bond acceptors (Lipinski definition) is 5. The number of carbonyl (C=O) groups is 2. The summed E-state index contributed by atoms with van der Waals surface area (Å²) in [6.45, 7) is 0.991. The molecule has 3 N–H and O–H groups in total. The minimum atomic E-state index is -4.44. The summed E-state index contributed by atoms with van der Waals surface area (Å²) < 4.78 is 48.0. The quantitative estimate of drug-likeness (QED) is 0.513. The summed E-state index contributed by atoms with van der Waals surface area (Å²) in [4.78, 5) is 23.8. The third-order valence-corrected chi connectivity index (χ3v) is 4.44. The first-order valence-corrected chi connectivity index (χ1v) is 9.74. The second kappa shape index (κ2) is 11.4. The van der Waals surface area contributed by atoms with Gasteiger partial charge in [0.1, 0.15) is 24.2 Å². The van der Waals surface area contributed by atoms with Gasteiger partial charge in [-0.3, -0.25) is 9.59 Å². The average molecular weight is 454 g/mol. The first kappa shape index (κ1) is 25.0. The van der Waals surface area contributed by atoms with Crippen molar-refractivity contribution in [2.24, 2.45) is 0 Å².